The maximum atomic E-state index is 14.6. The topological polar surface area (TPSA) is 55.8 Å². The monoisotopic (exact) mass is 381 g/mol. The van der Waals surface area contributed by atoms with Gasteiger partial charge in [-0.25, -0.2) is 13.6 Å². The molecule has 0 bridgehead atoms. The van der Waals surface area contributed by atoms with Gasteiger partial charge in [-0.3, -0.25) is 4.79 Å². The van der Waals surface area contributed by atoms with Crippen LogP contribution >= 0.6 is 0 Å². The Kier molecular flexibility index (Phi) is 7.47. The van der Waals surface area contributed by atoms with Gasteiger partial charge >= 0.3 is 5.97 Å². The standard InChI is InChI=1S/C20H25F2NO4/c1-4-26-12-16(20(25)27-5-2)19(24)15-11-17(21)14(10-18(15)22)13-6-8-23(3)9-7-13/h10-13H,4-9H2,1-3H3/b16-12-. The number of Topliss-reactive ketones (excluding diaryl/α,β-unsaturated/α-hetero) is 1. The minimum absolute atomic E-state index is 0.0431. The summed E-state index contributed by atoms with van der Waals surface area (Å²) in [5.41, 5.74) is -0.712. The summed E-state index contributed by atoms with van der Waals surface area (Å²) in [5, 5.41) is 0. The molecule has 1 aromatic rings. The SMILES string of the molecule is CCO/C=C(\C(=O)OCC)C(=O)c1cc(F)c(C2CCN(C)CC2)cc1F. The van der Waals surface area contributed by atoms with Gasteiger partial charge in [0.2, 0.25) is 5.78 Å². The fourth-order valence-corrected chi connectivity index (χ4v) is 3.08. The maximum absolute atomic E-state index is 14.6. The van der Waals surface area contributed by atoms with E-state index in [1.165, 1.54) is 0 Å². The molecule has 7 heteroatoms. The first-order chi connectivity index (χ1) is 12.9. The number of hydrogen-bond donors (Lipinski definition) is 0. The van der Waals surface area contributed by atoms with Crippen LogP contribution in [0.4, 0.5) is 8.78 Å². The van der Waals surface area contributed by atoms with Crippen LogP contribution in [0.15, 0.2) is 24.0 Å². The van der Waals surface area contributed by atoms with Crippen LogP contribution in [-0.2, 0) is 14.3 Å². The molecule has 0 radical (unpaired) electrons. The van der Waals surface area contributed by atoms with Gasteiger partial charge in [0.25, 0.3) is 0 Å². The van der Waals surface area contributed by atoms with Gasteiger partial charge in [0, 0.05) is 0 Å². The van der Waals surface area contributed by atoms with Crippen LogP contribution in [-0.4, -0.2) is 50.0 Å². The zero-order chi connectivity index (χ0) is 20.0. The van der Waals surface area contributed by atoms with Crippen molar-refractivity contribution in [1.29, 1.82) is 0 Å². The molecular formula is C20H25F2NO4. The van der Waals surface area contributed by atoms with Crippen molar-refractivity contribution in [3.63, 3.8) is 0 Å². The van der Waals surface area contributed by atoms with Gasteiger partial charge in [0.1, 0.15) is 23.5 Å². The average molecular weight is 381 g/mol. The highest BCUT2D eigenvalue weighted by atomic mass is 19.1. The molecule has 1 aliphatic rings. The van der Waals surface area contributed by atoms with Crippen molar-refractivity contribution in [2.45, 2.75) is 32.6 Å². The molecule has 0 N–H and O–H groups in total. The Morgan fingerprint density at radius 2 is 1.81 bits per heavy atom. The fraction of sp³-hybridized carbons (Fsp3) is 0.500. The molecule has 1 heterocycles. The lowest BCUT2D eigenvalue weighted by Gasteiger charge is -2.29. The van der Waals surface area contributed by atoms with E-state index in [1.54, 1.807) is 13.8 Å². The van der Waals surface area contributed by atoms with E-state index in [1.807, 2.05) is 7.05 Å². The average Bonchev–Trinajstić information content (AvgIpc) is 2.64. The first-order valence-corrected chi connectivity index (χ1v) is 9.10. The highest BCUT2D eigenvalue weighted by molar-refractivity contribution is 6.24. The van der Waals surface area contributed by atoms with Crippen LogP contribution in [0.1, 0.15) is 48.5 Å². The second-order valence-electron chi connectivity index (χ2n) is 6.47. The summed E-state index contributed by atoms with van der Waals surface area (Å²) in [7, 11) is 1.98. The highest BCUT2D eigenvalue weighted by Crippen LogP contribution is 2.31. The van der Waals surface area contributed by atoms with Gasteiger partial charge in [-0.2, -0.15) is 0 Å². The van der Waals surface area contributed by atoms with Gasteiger partial charge in [-0.1, -0.05) is 0 Å². The Morgan fingerprint density at radius 3 is 2.41 bits per heavy atom. The van der Waals surface area contributed by atoms with E-state index in [2.05, 4.69) is 4.90 Å². The number of rotatable bonds is 7. The summed E-state index contributed by atoms with van der Waals surface area (Å²) in [6.45, 7) is 5.11. The largest absolute Gasteiger partial charge is 0.500 e. The fourth-order valence-electron chi connectivity index (χ4n) is 3.08. The number of nitrogens with zero attached hydrogens (tertiary/aromatic N) is 1. The molecule has 1 aromatic carbocycles. The van der Waals surface area contributed by atoms with Gasteiger partial charge in [0.15, 0.2) is 0 Å². The number of carbonyl (C=O) groups excluding carboxylic acids is 2. The van der Waals surface area contributed by atoms with Crippen molar-refractivity contribution in [3.8, 4) is 0 Å². The molecule has 0 spiro atoms. The van der Waals surface area contributed by atoms with E-state index in [0.717, 1.165) is 44.3 Å². The molecule has 1 fully saturated rings. The highest BCUT2D eigenvalue weighted by Gasteiger charge is 2.28. The number of hydrogen-bond acceptors (Lipinski definition) is 5. The van der Waals surface area contributed by atoms with E-state index >= 15 is 0 Å². The number of carbonyl (C=O) groups is 2. The van der Waals surface area contributed by atoms with Crippen molar-refractivity contribution in [2.75, 3.05) is 33.4 Å². The lowest BCUT2D eigenvalue weighted by Crippen LogP contribution is -2.29. The van der Waals surface area contributed by atoms with Crippen LogP contribution in [0.5, 0.6) is 0 Å². The molecule has 0 amide bonds. The predicted molar refractivity (Wildman–Crippen MR) is 96.5 cm³/mol. The summed E-state index contributed by atoms with van der Waals surface area (Å²) in [4.78, 5) is 26.7. The molecule has 0 atom stereocenters. The molecule has 0 unspecified atom stereocenters. The molecule has 0 aromatic heterocycles. The first kappa shape index (κ1) is 21.0. The second kappa shape index (κ2) is 9.60. The van der Waals surface area contributed by atoms with Gasteiger partial charge in [-0.05, 0) is 70.4 Å². The smallest absolute Gasteiger partial charge is 0.345 e. The summed E-state index contributed by atoms with van der Waals surface area (Å²) in [5.74, 6) is -3.50. The third-order valence-electron chi connectivity index (χ3n) is 4.60. The van der Waals surface area contributed by atoms with Crippen LogP contribution in [0.2, 0.25) is 0 Å². The normalized spacial score (nSPS) is 16.3. The van der Waals surface area contributed by atoms with E-state index in [4.69, 9.17) is 9.47 Å². The molecule has 148 valence electrons. The summed E-state index contributed by atoms with van der Waals surface area (Å²) < 4.78 is 39.1. The number of ether oxygens (including phenoxy) is 2. The summed E-state index contributed by atoms with van der Waals surface area (Å²) in [6.07, 6.45) is 2.37. The number of halogens is 2. The zero-order valence-electron chi connectivity index (χ0n) is 15.9. The van der Waals surface area contributed by atoms with E-state index in [9.17, 15) is 18.4 Å². The van der Waals surface area contributed by atoms with E-state index in [0.29, 0.717) is 0 Å². The number of ketones is 1. The molecule has 27 heavy (non-hydrogen) atoms. The summed E-state index contributed by atoms with van der Waals surface area (Å²) in [6, 6.07) is 1.94. The molecule has 0 saturated carbocycles. The molecule has 5 nitrogen and oxygen atoms in total. The number of esters is 1. The Balaban J connectivity index is 2.32. The third-order valence-corrected chi connectivity index (χ3v) is 4.60. The molecular weight excluding hydrogens is 356 g/mol. The third kappa shape index (κ3) is 5.13. The van der Waals surface area contributed by atoms with Crippen molar-refractivity contribution in [2.24, 2.45) is 0 Å². The molecule has 0 aliphatic carbocycles. The van der Waals surface area contributed by atoms with Gasteiger partial charge in [0.05, 0.1) is 18.8 Å². The number of benzene rings is 1. The minimum atomic E-state index is -0.965. The molecule has 1 saturated heterocycles. The van der Waals surface area contributed by atoms with Crippen molar-refractivity contribution in [3.05, 3.63) is 46.7 Å². The second-order valence-corrected chi connectivity index (χ2v) is 6.47. The van der Waals surface area contributed by atoms with Gasteiger partial charge in [-0.15, -0.1) is 0 Å². The van der Waals surface area contributed by atoms with E-state index in [-0.39, 0.29) is 24.7 Å². The number of likely N-dealkylation sites (tertiary alicyclic amines) is 1. The molecule has 1 aliphatic heterocycles. The van der Waals surface area contributed by atoms with Crippen LogP contribution in [0.25, 0.3) is 0 Å². The van der Waals surface area contributed by atoms with Crippen LogP contribution in [0.3, 0.4) is 0 Å². The van der Waals surface area contributed by atoms with Crippen LogP contribution in [0, 0.1) is 11.6 Å². The summed E-state index contributed by atoms with van der Waals surface area (Å²) >= 11 is 0. The number of piperidine rings is 1. The van der Waals surface area contributed by atoms with Gasteiger partial charge < -0.3 is 14.4 Å². The first-order valence-electron chi connectivity index (χ1n) is 9.10. The Morgan fingerprint density at radius 1 is 1.15 bits per heavy atom. The Labute approximate surface area is 157 Å². The quantitative estimate of drug-likeness (QED) is 0.181. The lowest BCUT2D eigenvalue weighted by molar-refractivity contribution is -0.138. The van der Waals surface area contributed by atoms with Crippen molar-refractivity contribution in [1.82, 2.24) is 4.90 Å². The predicted octanol–water partition coefficient (Wildman–Crippen LogP) is 3.44. The van der Waals surface area contributed by atoms with Crippen molar-refractivity contribution < 1.29 is 27.8 Å². The van der Waals surface area contributed by atoms with E-state index < -0.39 is 34.5 Å². The zero-order valence-corrected chi connectivity index (χ0v) is 15.9. The van der Waals surface area contributed by atoms with Crippen LogP contribution < -0.4 is 0 Å². The molecule has 2 rings (SSSR count). The van der Waals surface area contributed by atoms with Crippen molar-refractivity contribution >= 4 is 11.8 Å². The maximum Gasteiger partial charge on any atom is 0.345 e. The Hall–Kier alpha value is -2.28. The minimum Gasteiger partial charge on any atom is -0.500 e. The Bertz CT molecular complexity index is 725. The lowest BCUT2D eigenvalue weighted by atomic mass is 9.88.